The zero-order valence-corrected chi connectivity index (χ0v) is 18.9. The Morgan fingerprint density at radius 3 is 2.00 bits per heavy atom. The lowest BCUT2D eigenvalue weighted by Crippen LogP contribution is -2.38. The van der Waals surface area contributed by atoms with Gasteiger partial charge < -0.3 is 10.1 Å². The molecule has 7 heteroatoms. The van der Waals surface area contributed by atoms with Crippen LogP contribution >= 0.6 is 0 Å². The van der Waals surface area contributed by atoms with Crippen LogP contribution in [-0.2, 0) is 14.8 Å². The van der Waals surface area contributed by atoms with Gasteiger partial charge in [-0.25, -0.2) is 8.42 Å². The number of carbonyl (C=O) groups is 1. The van der Waals surface area contributed by atoms with Crippen LogP contribution in [0.15, 0.2) is 71.6 Å². The largest absolute Gasteiger partial charge is 0.495 e. The fourth-order valence-electron chi connectivity index (χ4n) is 3.10. The molecule has 0 unspecified atom stereocenters. The molecule has 0 radical (unpaired) electrons. The predicted molar refractivity (Wildman–Crippen MR) is 123 cm³/mol. The molecule has 0 aliphatic rings. The number of anilines is 2. The number of hydrogen-bond acceptors (Lipinski definition) is 4. The Balaban J connectivity index is 2.00. The number of ether oxygens (including phenoxy) is 1. The van der Waals surface area contributed by atoms with Crippen LogP contribution < -0.4 is 14.4 Å². The topological polar surface area (TPSA) is 75.7 Å². The van der Waals surface area contributed by atoms with E-state index in [0.717, 1.165) is 21.0 Å². The van der Waals surface area contributed by atoms with E-state index >= 15 is 0 Å². The summed E-state index contributed by atoms with van der Waals surface area (Å²) in [6.45, 7) is 5.29. The van der Waals surface area contributed by atoms with Crippen LogP contribution in [0.25, 0.3) is 0 Å². The van der Waals surface area contributed by atoms with Crippen LogP contribution in [0.5, 0.6) is 5.75 Å². The molecule has 3 rings (SSSR count). The van der Waals surface area contributed by atoms with E-state index in [1.54, 1.807) is 49.4 Å². The van der Waals surface area contributed by atoms with Crippen LogP contribution in [0.2, 0.25) is 0 Å². The minimum atomic E-state index is -4.08. The van der Waals surface area contributed by atoms with Crippen LogP contribution in [0.1, 0.15) is 16.7 Å². The highest BCUT2D eigenvalue weighted by molar-refractivity contribution is 7.93. The van der Waals surface area contributed by atoms with Crippen molar-refractivity contribution in [2.24, 2.45) is 0 Å². The average Bonchev–Trinajstić information content (AvgIpc) is 2.74. The summed E-state index contributed by atoms with van der Waals surface area (Å²) in [7, 11) is -2.66. The summed E-state index contributed by atoms with van der Waals surface area (Å²) in [6, 6.07) is 19.2. The van der Waals surface area contributed by atoms with Gasteiger partial charge in [-0.05, 0) is 62.7 Å². The third-order valence-electron chi connectivity index (χ3n) is 4.83. The molecule has 0 fully saturated rings. The maximum atomic E-state index is 13.6. The number of aryl methyl sites for hydroxylation is 3. The van der Waals surface area contributed by atoms with Crippen molar-refractivity contribution in [3.05, 3.63) is 83.4 Å². The van der Waals surface area contributed by atoms with Crippen molar-refractivity contribution in [3.8, 4) is 5.75 Å². The number of methoxy groups -OCH3 is 1. The fourth-order valence-corrected chi connectivity index (χ4v) is 4.76. The summed E-state index contributed by atoms with van der Waals surface area (Å²) < 4.78 is 33.7. The molecule has 0 saturated carbocycles. The molecule has 3 aromatic carbocycles. The molecular formula is C24H26N2O4S. The Morgan fingerprint density at radius 2 is 1.42 bits per heavy atom. The highest BCUT2D eigenvalue weighted by Crippen LogP contribution is 2.31. The third-order valence-corrected chi connectivity index (χ3v) is 6.63. The monoisotopic (exact) mass is 438 g/mol. The first-order chi connectivity index (χ1) is 14.7. The van der Waals surface area contributed by atoms with Gasteiger partial charge in [-0.1, -0.05) is 41.5 Å². The van der Waals surface area contributed by atoms with Crippen molar-refractivity contribution < 1.29 is 17.9 Å². The standard InChI is InChI=1S/C24H26N2O4S/c1-17-5-10-20(11-6-17)25-24(27)16-26(21-12-7-18(2)8-13-21)31(28,29)23-15-19(3)9-14-22(23)30-4/h5-15H,16H2,1-4H3,(H,25,27). The lowest BCUT2D eigenvalue weighted by atomic mass is 10.2. The summed E-state index contributed by atoms with van der Waals surface area (Å²) in [5, 5.41) is 2.77. The van der Waals surface area contributed by atoms with Crippen LogP contribution in [0.4, 0.5) is 11.4 Å². The van der Waals surface area contributed by atoms with Gasteiger partial charge in [0.2, 0.25) is 5.91 Å². The molecule has 162 valence electrons. The Bertz CT molecular complexity index is 1170. The van der Waals surface area contributed by atoms with Crippen molar-refractivity contribution in [1.29, 1.82) is 0 Å². The predicted octanol–water partition coefficient (Wildman–Crippen LogP) is 4.45. The van der Waals surface area contributed by atoms with Crippen LogP contribution in [0, 0.1) is 20.8 Å². The Kier molecular flexibility index (Phi) is 6.65. The van der Waals surface area contributed by atoms with Crippen molar-refractivity contribution in [2.75, 3.05) is 23.3 Å². The molecule has 0 heterocycles. The van der Waals surface area contributed by atoms with E-state index in [2.05, 4.69) is 5.32 Å². The van der Waals surface area contributed by atoms with Gasteiger partial charge in [-0.3, -0.25) is 9.10 Å². The van der Waals surface area contributed by atoms with E-state index in [4.69, 9.17) is 4.74 Å². The summed E-state index contributed by atoms with van der Waals surface area (Å²) in [6.07, 6.45) is 0. The Labute approximate surface area is 183 Å². The summed E-state index contributed by atoms with van der Waals surface area (Å²) >= 11 is 0. The van der Waals surface area contributed by atoms with Crippen molar-refractivity contribution in [3.63, 3.8) is 0 Å². The van der Waals surface area contributed by atoms with Crippen molar-refractivity contribution >= 4 is 27.3 Å². The Hall–Kier alpha value is -3.32. The molecule has 0 aliphatic heterocycles. The van der Waals surface area contributed by atoms with Gasteiger partial charge in [0.15, 0.2) is 0 Å². The second-order valence-electron chi connectivity index (χ2n) is 7.42. The minimum Gasteiger partial charge on any atom is -0.495 e. The highest BCUT2D eigenvalue weighted by atomic mass is 32.2. The average molecular weight is 439 g/mol. The second kappa shape index (κ2) is 9.22. The van der Waals surface area contributed by atoms with Crippen LogP contribution in [0.3, 0.4) is 0 Å². The Morgan fingerprint density at radius 1 is 0.871 bits per heavy atom. The fraction of sp³-hybridized carbons (Fsp3) is 0.208. The number of rotatable bonds is 7. The van der Waals surface area contributed by atoms with Gasteiger partial charge >= 0.3 is 0 Å². The summed E-state index contributed by atoms with van der Waals surface area (Å²) in [5.74, 6) is -0.221. The first-order valence-corrected chi connectivity index (χ1v) is 11.3. The SMILES string of the molecule is COc1ccc(C)cc1S(=O)(=O)N(CC(=O)Nc1ccc(C)cc1)c1ccc(C)cc1. The normalized spacial score (nSPS) is 11.1. The third kappa shape index (κ3) is 5.24. The molecule has 3 aromatic rings. The number of sulfonamides is 1. The van der Waals surface area contributed by atoms with E-state index in [-0.39, 0.29) is 17.2 Å². The number of amides is 1. The first-order valence-electron chi connectivity index (χ1n) is 9.81. The van der Waals surface area contributed by atoms with Gasteiger partial charge in [-0.15, -0.1) is 0 Å². The van der Waals surface area contributed by atoms with Gasteiger partial charge in [0.1, 0.15) is 17.2 Å². The summed E-state index contributed by atoms with van der Waals surface area (Å²) in [5.41, 5.74) is 3.82. The maximum Gasteiger partial charge on any atom is 0.268 e. The first kappa shape index (κ1) is 22.4. The van der Waals surface area contributed by atoms with Gasteiger partial charge in [0, 0.05) is 5.69 Å². The van der Waals surface area contributed by atoms with E-state index in [1.807, 2.05) is 38.1 Å². The molecule has 0 spiro atoms. The van der Waals surface area contributed by atoms with Gasteiger partial charge in [0.05, 0.1) is 12.8 Å². The highest BCUT2D eigenvalue weighted by Gasteiger charge is 2.30. The molecular weight excluding hydrogens is 412 g/mol. The number of hydrogen-bond donors (Lipinski definition) is 1. The van der Waals surface area contributed by atoms with Crippen LogP contribution in [-0.4, -0.2) is 28.0 Å². The van der Waals surface area contributed by atoms with Gasteiger partial charge in [0.25, 0.3) is 10.0 Å². The smallest absolute Gasteiger partial charge is 0.268 e. The number of benzene rings is 3. The van der Waals surface area contributed by atoms with E-state index in [0.29, 0.717) is 11.4 Å². The van der Waals surface area contributed by atoms with Crippen molar-refractivity contribution in [1.82, 2.24) is 0 Å². The second-order valence-corrected chi connectivity index (χ2v) is 9.25. The number of carbonyl (C=O) groups excluding carboxylic acids is 1. The summed E-state index contributed by atoms with van der Waals surface area (Å²) in [4.78, 5) is 12.8. The molecule has 1 amide bonds. The van der Waals surface area contributed by atoms with E-state index in [1.165, 1.54) is 7.11 Å². The molecule has 6 nitrogen and oxygen atoms in total. The molecule has 0 bridgehead atoms. The molecule has 0 saturated heterocycles. The molecule has 1 N–H and O–H groups in total. The van der Waals surface area contributed by atoms with Crippen molar-refractivity contribution in [2.45, 2.75) is 25.7 Å². The molecule has 0 aromatic heterocycles. The zero-order valence-electron chi connectivity index (χ0n) is 18.0. The molecule has 0 atom stereocenters. The maximum absolute atomic E-state index is 13.6. The van der Waals surface area contributed by atoms with E-state index < -0.39 is 15.9 Å². The molecule has 0 aliphatic carbocycles. The van der Waals surface area contributed by atoms with E-state index in [9.17, 15) is 13.2 Å². The van der Waals surface area contributed by atoms with Gasteiger partial charge in [-0.2, -0.15) is 0 Å². The number of nitrogens with one attached hydrogen (secondary N) is 1. The zero-order chi connectivity index (χ0) is 22.6. The molecule has 31 heavy (non-hydrogen) atoms. The quantitative estimate of drug-likeness (QED) is 0.591. The number of nitrogens with zero attached hydrogens (tertiary/aromatic N) is 1. The lowest BCUT2D eigenvalue weighted by molar-refractivity contribution is -0.114. The lowest BCUT2D eigenvalue weighted by Gasteiger charge is -2.25. The minimum absolute atomic E-state index is 0.0127.